The molecule has 0 saturated heterocycles. The van der Waals surface area contributed by atoms with E-state index in [1.54, 1.807) is 0 Å². The zero-order valence-corrected chi connectivity index (χ0v) is 11.5. The maximum Gasteiger partial charge on any atom is 0.224 e. The number of anilines is 1. The van der Waals surface area contributed by atoms with Gasteiger partial charge in [0.2, 0.25) is 5.91 Å². The van der Waals surface area contributed by atoms with Gasteiger partial charge in [-0.25, -0.2) is 0 Å². The minimum Gasteiger partial charge on any atom is -0.330 e. The summed E-state index contributed by atoms with van der Waals surface area (Å²) in [5.41, 5.74) is 6.24. The average molecular weight is 299 g/mol. The van der Waals surface area contributed by atoms with E-state index in [-0.39, 0.29) is 5.91 Å². The smallest absolute Gasteiger partial charge is 0.224 e. The van der Waals surface area contributed by atoms with Crippen molar-refractivity contribution in [1.29, 1.82) is 0 Å². The third-order valence-electron chi connectivity index (χ3n) is 2.51. The monoisotopic (exact) mass is 298 g/mol. The minimum absolute atomic E-state index is 0.0737. The van der Waals surface area contributed by atoms with Gasteiger partial charge < -0.3 is 11.1 Å². The van der Waals surface area contributed by atoms with E-state index < -0.39 is 0 Å². The van der Waals surface area contributed by atoms with E-state index >= 15 is 0 Å². The highest BCUT2D eigenvalue weighted by Crippen LogP contribution is 2.21. The Balaban J connectivity index is 2.23. The maximum absolute atomic E-state index is 11.6. The molecule has 0 aliphatic heterocycles. The number of unbranched alkanes of at least 4 members (excludes halogenated alkanes) is 3. The van der Waals surface area contributed by atoms with E-state index in [1.165, 1.54) is 0 Å². The number of halogens is 1. The van der Waals surface area contributed by atoms with Gasteiger partial charge in [-0.2, -0.15) is 0 Å². The number of nitrogens with two attached hydrogens (primary N) is 1. The second-order valence-corrected chi connectivity index (χ2v) is 4.84. The summed E-state index contributed by atoms with van der Waals surface area (Å²) in [6, 6.07) is 7.63. The molecule has 0 fully saturated rings. The predicted molar refractivity (Wildman–Crippen MR) is 74.9 cm³/mol. The molecule has 17 heavy (non-hydrogen) atoms. The van der Waals surface area contributed by atoms with Crippen LogP contribution in [-0.2, 0) is 4.79 Å². The Bertz CT molecular complexity index is 355. The Kier molecular flexibility index (Phi) is 6.89. The molecular formula is C13H19BrN2O. The Hall–Kier alpha value is -0.870. The first-order valence-corrected chi connectivity index (χ1v) is 6.78. The molecular weight excluding hydrogens is 280 g/mol. The molecule has 1 aromatic carbocycles. The van der Waals surface area contributed by atoms with Crippen LogP contribution in [0.2, 0.25) is 0 Å². The number of carbonyl (C=O) groups excluding carboxylic acids is 1. The van der Waals surface area contributed by atoms with Crippen LogP contribution in [0, 0.1) is 0 Å². The largest absolute Gasteiger partial charge is 0.330 e. The molecule has 0 bridgehead atoms. The van der Waals surface area contributed by atoms with Crippen molar-refractivity contribution in [2.45, 2.75) is 32.1 Å². The minimum atomic E-state index is 0.0737. The molecule has 0 aliphatic carbocycles. The third kappa shape index (κ3) is 5.84. The highest BCUT2D eigenvalue weighted by atomic mass is 79.9. The normalized spacial score (nSPS) is 10.2. The molecule has 0 aromatic heterocycles. The van der Waals surface area contributed by atoms with Gasteiger partial charge in [0.15, 0.2) is 0 Å². The predicted octanol–water partition coefficient (Wildman–Crippen LogP) is 3.30. The van der Waals surface area contributed by atoms with Crippen LogP contribution in [0.5, 0.6) is 0 Å². The molecule has 94 valence electrons. The van der Waals surface area contributed by atoms with Gasteiger partial charge in [-0.1, -0.05) is 25.0 Å². The Morgan fingerprint density at radius 1 is 1.18 bits per heavy atom. The van der Waals surface area contributed by atoms with Crippen LogP contribution in [0.3, 0.4) is 0 Å². The fraction of sp³-hybridized carbons (Fsp3) is 0.462. The van der Waals surface area contributed by atoms with Crippen LogP contribution in [0.1, 0.15) is 32.1 Å². The molecule has 0 unspecified atom stereocenters. The van der Waals surface area contributed by atoms with E-state index in [0.717, 1.165) is 42.4 Å². The van der Waals surface area contributed by atoms with Crippen molar-refractivity contribution in [2.75, 3.05) is 11.9 Å². The highest BCUT2D eigenvalue weighted by Gasteiger charge is 2.04. The van der Waals surface area contributed by atoms with Gasteiger partial charge in [0.1, 0.15) is 0 Å². The highest BCUT2D eigenvalue weighted by molar-refractivity contribution is 9.10. The Morgan fingerprint density at radius 2 is 1.88 bits per heavy atom. The van der Waals surface area contributed by atoms with Gasteiger partial charge in [0.05, 0.1) is 5.69 Å². The molecule has 4 heteroatoms. The van der Waals surface area contributed by atoms with Crippen LogP contribution in [0.4, 0.5) is 5.69 Å². The second kappa shape index (κ2) is 8.25. The van der Waals surface area contributed by atoms with Crippen molar-refractivity contribution in [3.8, 4) is 0 Å². The summed E-state index contributed by atoms with van der Waals surface area (Å²) in [5, 5.41) is 2.89. The van der Waals surface area contributed by atoms with Crippen LogP contribution >= 0.6 is 15.9 Å². The summed E-state index contributed by atoms with van der Waals surface area (Å²) < 4.78 is 0.913. The summed E-state index contributed by atoms with van der Waals surface area (Å²) in [4.78, 5) is 11.6. The van der Waals surface area contributed by atoms with Gasteiger partial charge in [-0.15, -0.1) is 0 Å². The van der Waals surface area contributed by atoms with Gasteiger partial charge in [0, 0.05) is 10.9 Å². The number of hydrogen-bond acceptors (Lipinski definition) is 2. The van der Waals surface area contributed by atoms with Crippen molar-refractivity contribution < 1.29 is 4.79 Å². The number of para-hydroxylation sites is 1. The lowest BCUT2D eigenvalue weighted by atomic mass is 10.1. The maximum atomic E-state index is 11.6. The van der Waals surface area contributed by atoms with Crippen LogP contribution in [0.15, 0.2) is 28.7 Å². The quantitative estimate of drug-likeness (QED) is 0.759. The molecule has 0 radical (unpaired) electrons. The first-order chi connectivity index (χ1) is 8.24. The molecule has 1 aromatic rings. The molecule has 0 saturated carbocycles. The van der Waals surface area contributed by atoms with E-state index in [0.29, 0.717) is 6.42 Å². The summed E-state index contributed by atoms with van der Waals surface area (Å²) in [5.74, 6) is 0.0737. The van der Waals surface area contributed by atoms with Crippen molar-refractivity contribution in [1.82, 2.24) is 0 Å². The molecule has 1 amide bonds. The van der Waals surface area contributed by atoms with Crippen molar-refractivity contribution in [3.63, 3.8) is 0 Å². The number of hydrogen-bond donors (Lipinski definition) is 2. The van der Waals surface area contributed by atoms with E-state index in [1.807, 2.05) is 24.3 Å². The Labute approximate surface area is 111 Å². The lowest BCUT2D eigenvalue weighted by Crippen LogP contribution is -2.11. The molecule has 0 spiro atoms. The zero-order valence-electron chi connectivity index (χ0n) is 9.92. The summed E-state index contributed by atoms with van der Waals surface area (Å²) in [7, 11) is 0. The van der Waals surface area contributed by atoms with Crippen molar-refractivity contribution in [2.24, 2.45) is 5.73 Å². The summed E-state index contributed by atoms with van der Waals surface area (Å²) >= 11 is 3.40. The molecule has 1 rings (SSSR count). The molecule has 3 N–H and O–H groups in total. The topological polar surface area (TPSA) is 55.1 Å². The fourth-order valence-electron chi connectivity index (χ4n) is 1.56. The summed E-state index contributed by atoms with van der Waals surface area (Å²) in [6.45, 7) is 0.739. The Morgan fingerprint density at radius 3 is 2.59 bits per heavy atom. The molecule has 0 aliphatic rings. The fourth-order valence-corrected chi connectivity index (χ4v) is 1.94. The number of rotatable bonds is 7. The lowest BCUT2D eigenvalue weighted by molar-refractivity contribution is -0.116. The molecule has 0 atom stereocenters. The van der Waals surface area contributed by atoms with Crippen molar-refractivity contribution in [3.05, 3.63) is 28.7 Å². The van der Waals surface area contributed by atoms with Crippen LogP contribution < -0.4 is 11.1 Å². The van der Waals surface area contributed by atoms with Crippen molar-refractivity contribution >= 4 is 27.5 Å². The van der Waals surface area contributed by atoms with Crippen LogP contribution in [0.25, 0.3) is 0 Å². The van der Waals surface area contributed by atoms with Gasteiger partial charge in [-0.05, 0) is 47.4 Å². The van der Waals surface area contributed by atoms with Crippen LogP contribution in [-0.4, -0.2) is 12.5 Å². The number of benzene rings is 1. The number of amides is 1. The second-order valence-electron chi connectivity index (χ2n) is 3.98. The molecule has 0 heterocycles. The van der Waals surface area contributed by atoms with Gasteiger partial charge >= 0.3 is 0 Å². The first kappa shape index (κ1) is 14.2. The third-order valence-corrected chi connectivity index (χ3v) is 3.20. The van der Waals surface area contributed by atoms with Gasteiger partial charge in [-0.3, -0.25) is 4.79 Å². The average Bonchev–Trinajstić information content (AvgIpc) is 2.32. The molecule has 3 nitrogen and oxygen atoms in total. The number of carbonyl (C=O) groups is 1. The van der Waals surface area contributed by atoms with E-state index in [4.69, 9.17) is 5.73 Å². The first-order valence-electron chi connectivity index (χ1n) is 5.98. The standard InChI is InChI=1S/C13H19BrN2O/c14-11-7-4-5-8-12(11)16-13(17)9-3-1-2-6-10-15/h4-5,7-8H,1-3,6,9-10,15H2,(H,16,17). The SMILES string of the molecule is NCCCCCCC(=O)Nc1ccccc1Br. The number of nitrogens with one attached hydrogen (secondary N) is 1. The van der Waals surface area contributed by atoms with Gasteiger partial charge in [0.25, 0.3) is 0 Å². The van der Waals surface area contributed by atoms with E-state index in [9.17, 15) is 4.79 Å². The van der Waals surface area contributed by atoms with E-state index in [2.05, 4.69) is 21.2 Å². The summed E-state index contributed by atoms with van der Waals surface area (Å²) in [6.07, 6.45) is 4.73. The zero-order chi connectivity index (χ0) is 12.5. The lowest BCUT2D eigenvalue weighted by Gasteiger charge is -2.06.